The average Bonchev–Trinajstić information content (AvgIpc) is 2.17. The number of hydrogen-bond acceptors (Lipinski definition) is 4. The van der Waals surface area contributed by atoms with E-state index in [1.54, 1.807) is 0 Å². The number of non-ortho nitro benzene ring substituents is 1. The second-order valence-electron chi connectivity index (χ2n) is 3.15. The summed E-state index contributed by atoms with van der Waals surface area (Å²) < 4.78 is 0. The Morgan fingerprint density at radius 1 is 1.12 bits per heavy atom. The average molecular weight is 222 g/mol. The van der Waals surface area contributed by atoms with E-state index in [1.807, 2.05) is 0 Å². The number of rotatable bonds is 2. The molecule has 84 valence electrons. The van der Waals surface area contributed by atoms with Gasteiger partial charge in [-0.3, -0.25) is 24.6 Å². The molecule has 0 aromatic heterocycles. The quantitative estimate of drug-likeness (QED) is 0.560. The molecule has 0 N–H and O–H groups in total. The molecule has 2 amide bonds. The van der Waals surface area contributed by atoms with Gasteiger partial charge in [0, 0.05) is 26.0 Å². The Labute approximate surface area is 91.6 Å². The first-order valence-electron chi connectivity index (χ1n) is 4.49. The van der Waals surface area contributed by atoms with Gasteiger partial charge in [0.2, 0.25) is 11.8 Å². The molecule has 0 radical (unpaired) electrons. The summed E-state index contributed by atoms with van der Waals surface area (Å²) in [6.45, 7) is 2.51. The van der Waals surface area contributed by atoms with Gasteiger partial charge in [0.25, 0.3) is 5.69 Å². The summed E-state index contributed by atoms with van der Waals surface area (Å²) in [7, 11) is 0. The van der Waals surface area contributed by atoms with Gasteiger partial charge in [0.05, 0.1) is 10.6 Å². The lowest BCUT2D eigenvalue weighted by Gasteiger charge is -2.16. The molecule has 0 heterocycles. The molecule has 0 fully saturated rings. The molecule has 6 heteroatoms. The molecule has 0 saturated heterocycles. The standard InChI is InChI=1S/C10H10N2O4/c1-7(13)11(8(2)14)9-3-5-10(6-4-9)12(15)16/h3-6H,1-2H3. The van der Waals surface area contributed by atoms with E-state index in [0.29, 0.717) is 5.69 Å². The van der Waals surface area contributed by atoms with Gasteiger partial charge in [-0.2, -0.15) is 0 Å². The largest absolute Gasteiger partial charge is 0.274 e. The zero-order valence-corrected chi connectivity index (χ0v) is 8.84. The second-order valence-corrected chi connectivity index (χ2v) is 3.15. The van der Waals surface area contributed by atoms with Crippen LogP contribution in [0.5, 0.6) is 0 Å². The van der Waals surface area contributed by atoms with Crippen molar-refractivity contribution in [2.45, 2.75) is 13.8 Å². The molecule has 6 nitrogen and oxygen atoms in total. The van der Waals surface area contributed by atoms with Crippen LogP contribution in [0.1, 0.15) is 13.8 Å². The first kappa shape index (κ1) is 11.8. The zero-order chi connectivity index (χ0) is 12.3. The number of carbonyl (C=O) groups is 2. The first-order chi connectivity index (χ1) is 7.43. The van der Waals surface area contributed by atoms with E-state index in [0.717, 1.165) is 4.90 Å². The van der Waals surface area contributed by atoms with Crippen molar-refractivity contribution in [3.63, 3.8) is 0 Å². The minimum absolute atomic E-state index is 0.0872. The lowest BCUT2D eigenvalue weighted by molar-refractivity contribution is -0.384. The molecular formula is C10H10N2O4. The number of anilines is 1. The topological polar surface area (TPSA) is 80.5 Å². The van der Waals surface area contributed by atoms with Gasteiger partial charge in [-0.25, -0.2) is 0 Å². The molecule has 0 saturated carbocycles. The van der Waals surface area contributed by atoms with Crippen LogP contribution in [0.3, 0.4) is 0 Å². The van der Waals surface area contributed by atoms with Crippen LogP contribution in [0.4, 0.5) is 11.4 Å². The SMILES string of the molecule is CC(=O)N(C(C)=O)c1ccc([N+](=O)[O-])cc1. The number of amides is 2. The van der Waals surface area contributed by atoms with Crippen LogP contribution >= 0.6 is 0 Å². The molecule has 0 atom stereocenters. The highest BCUT2D eigenvalue weighted by atomic mass is 16.6. The van der Waals surface area contributed by atoms with E-state index in [4.69, 9.17) is 0 Å². The minimum Gasteiger partial charge on any atom is -0.274 e. The summed E-state index contributed by atoms with van der Waals surface area (Å²) in [4.78, 5) is 33.2. The van der Waals surface area contributed by atoms with E-state index < -0.39 is 16.7 Å². The van der Waals surface area contributed by atoms with Crippen LogP contribution in [-0.4, -0.2) is 16.7 Å². The van der Waals surface area contributed by atoms with Crippen molar-refractivity contribution in [2.24, 2.45) is 0 Å². The van der Waals surface area contributed by atoms with Crippen molar-refractivity contribution in [2.75, 3.05) is 4.90 Å². The van der Waals surface area contributed by atoms with Crippen molar-refractivity contribution < 1.29 is 14.5 Å². The summed E-state index contributed by atoms with van der Waals surface area (Å²) in [6.07, 6.45) is 0. The van der Waals surface area contributed by atoms with E-state index in [2.05, 4.69) is 0 Å². The molecule has 1 aromatic carbocycles. The fraction of sp³-hybridized carbons (Fsp3) is 0.200. The van der Waals surface area contributed by atoms with Crippen LogP contribution in [-0.2, 0) is 9.59 Å². The summed E-state index contributed by atoms with van der Waals surface area (Å²) in [5.74, 6) is -0.859. The minimum atomic E-state index is -0.546. The van der Waals surface area contributed by atoms with Crippen molar-refractivity contribution in [1.82, 2.24) is 0 Å². The highest BCUT2D eigenvalue weighted by Gasteiger charge is 2.16. The molecule has 0 spiro atoms. The maximum absolute atomic E-state index is 11.2. The van der Waals surface area contributed by atoms with E-state index in [1.165, 1.54) is 38.1 Å². The Morgan fingerprint density at radius 2 is 1.56 bits per heavy atom. The summed E-state index contributed by atoms with van der Waals surface area (Å²) in [5, 5.41) is 10.4. The summed E-state index contributed by atoms with van der Waals surface area (Å²) in [6, 6.07) is 5.21. The Kier molecular flexibility index (Phi) is 3.34. The molecule has 0 aliphatic carbocycles. The van der Waals surface area contributed by atoms with Gasteiger partial charge in [0.15, 0.2) is 0 Å². The van der Waals surface area contributed by atoms with Gasteiger partial charge in [0.1, 0.15) is 0 Å². The number of carbonyl (C=O) groups excluding carboxylic acids is 2. The van der Waals surface area contributed by atoms with Crippen molar-refractivity contribution in [3.05, 3.63) is 34.4 Å². The molecule has 0 unspecified atom stereocenters. The first-order valence-corrected chi connectivity index (χ1v) is 4.49. The maximum Gasteiger partial charge on any atom is 0.269 e. The van der Waals surface area contributed by atoms with Crippen LogP contribution in [0, 0.1) is 10.1 Å². The van der Waals surface area contributed by atoms with Crippen LogP contribution in [0.15, 0.2) is 24.3 Å². The third kappa shape index (κ3) is 2.41. The lowest BCUT2D eigenvalue weighted by atomic mass is 10.2. The Hall–Kier alpha value is -2.24. The second kappa shape index (κ2) is 4.52. The maximum atomic E-state index is 11.2. The summed E-state index contributed by atoms with van der Waals surface area (Å²) >= 11 is 0. The van der Waals surface area contributed by atoms with E-state index >= 15 is 0 Å². The number of imide groups is 1. The Bertz CT molecular complexity index is 425. The number of nitro groups is 1. The predicted molar refractivity (Wildman–Crippen MR) is 56.9 cm³/mol. The molecule has 1 rings (SSSR count). The molecule has 16 heavy (non-hydrogen) atoms. The zero-order valence-electron chi connectivity index (χ0n) is 8.84. The Balaban J connectivity index is 3.08. The van der Waals surface area contributed by atoms with Gasteiger partial charge < -0.3 is 0 Å². The summed E-state index contributed by atoms with van der Waals surface area (Å²) in [5.41, 5.74) is 0.237. The monoisotopic (exact) mass is 222 g/mol. The molecular weight excluding hydrogens is 212 g/mol. The smallest absolute Gasteiger partial charge is 0.269 e. The van der Waals surface area contributed by atoms with E-state index in [-0.39, 0.29) is 5.69 Å². The van der Waals surface area contributed by atoms with Crippen molar-refractivity contribution in [1.29, 1.82) is 0 Å². The lowest BCUT2D eigenvalue weighted by Crippen LogP contribution is -2.32. The number of benzene rings is 1. The van der Waals surface area contributed by atoms with Crippen LogP contribution in [0.25, 0.3) is 0 Å². The fourth-order valence-corrected chi connectivity index (χ4v) is 1.31. The molecule has 0 aliphatic heterocycles. The molecule has 0 bridgehead atoms. The fourth-order valence-electron chi connectivity index (χ4n) is 1.31. The number of hydrogen-bond donors (Lipinski definition) is 0. The van der Waals surface area contributed by atoms with Crippen molar-refractivity contribution >= 4 is 23.2 Å². The van der Waals surface area contributed by atoms with Crippen molar-refractivity contribution in [3.8, 4) is 0 Å². The highest BCUT2D eigenvalue weighted by molar-refractivity contribution is 6.13. The van der Waals surface area contributed by atoms with Crippen LogP contribution in [0.2, 0.25) is 0 Å². The third-order valence-corrected chi connectivity index (χ3v) is 1.95. The molecule has 1 aromatic rings. The Morgan fingerprint density at radius 3 is 1.88 bits per heavy atom. The molecule has 0 aliphatic rings. The van der Waals surface area contributed by atoms with Gasteiger partial charge >= 0.3 is 0 Å². The van der Waals surface area contributed by atoms with Gasteiger partial charge in [-0.1, -0.05) is 0 Å². The number of nitrogens with zero attached hydrogens (tertiary/aromatic N) is 2. The van der Waals surface area contributed by atoms with E-state index in [9.17, 15) is 19.7 Å². The normalized spacial score (nSPS) is 9.62. The predicted octanol–water partition coefficient (Wildman–Crippen LogP) is 1.49. The van der Waals surface area contributed by atoms with Gasteiger partial charge in [-0.05, 0) is 12.1 Å². The number of nitro benzene ring substituents is 1. The third-order valence-electron chi connectivity index (χ3n) is 1.95. The van der Waals surface area contributed by atoms with Gasteiger partial charge in [-0.15, -0.1) is 0 Å². The highest BCUT2D eigenvalue weighted by Crippen LogP contribution is 2.19. The van der Waals surface area contributed by atoms with Crippen LogP contribution < -0.4 is 4.90 Å².